The predicted molar refractivity (Wildman–Crippen MR) is 69.4 cm³/mol. The van der Waals surface area contributed by atoms with Gasteiger partial charge in [-0.3, -0.25) is 4.79 Å². The van der Waals surface area contributed by atoms with Crippen molar-refractivity contribution in [2.45, 2.75) is 39.5 Å². The van der Waals surface area contributed by atoms with Gasteiger partial charge >= 0.3 is 0 Å². The number of rotatable bonds is 2. The molecule has 1 aliphatic heterocycles. The zero-order valence-electron chi connectivity index (χ0n) is 11.2. The average molecular weight is 238 g/mol. The smallest absolute Gasteiger partial charge is 0.226 e. The lowest BCUT2D eigenvalue weighted by molar-refractivity contribution is -0.139. The molecule has 17 heavy (non-hydrogen) atoms. The highest BCUT2D eigenvalue weighted by molar-refractivity contribution is 5.79. The third-order valence-electron chi connectivity index (χ3n) is 4.46. The van der Waals surface area contributed by atoms with Crippen LogP contribution in [0.25, 0.3) is 0 Å². The van der Waals surface area contributed by atoms with Crippen LogP contribution in [0.4, 0.5) is 0 Å². The van der Waals surface area contributed by atoms with Crippen molar-refractivity contribution in [3.05, 3.63) is 0 Å². The number of nitrogens with two attached hydrogens (primary N) is 1. The van der Waals surface area contributed by atoms with Crippen molar-refractivity contribution in [2.24, 2.45) is 29.4 Å². The summed E-state index contributed by atoms with van der Waals surface area (Å²) < 4.78 is 0. The molecule has 0 bridgehead atoms. The van der Waals surface area contributed by atoms with E-state index in [1.165, 1.54) is 12.8 Å². The van der Waals surface area contributed by atoms with E-state index in [0.29, 0.717) is 30.2 Å². The highest BCUT2D eigenvalue weighted by Crippen LogP contribution is 2.33. The van der Waals surface area contributed by atoms with Gasteiger partial charge in [0.15, 0.2) is 0 Å². The van der Waals surface area contributed by atoms with Gasteiger partial charge in [0.05, 0.1) is 0 Å². The van der Waals surface area contributed by atoms with Crippen LogP contribution in [-0.4, -0.2) is 30.4 Å². The van der Waals surface area contributed by atoms with Crippen LogP contribution in [-0.2, 0) is 4.79 Å². The fourth-order valence-electron chi connectivity index (χ4n) is 3.72. The lowest BCUT2D eigenvalue weighted by Gasteiger charge is -2.37. The largest absolute Gasteiger partial charge is 0.342 e. The first-order valence-corrected chi connectivity index (χ1v) is 7.10. The monoisotopic (exact) mass is 238 g/mol. The van der Waals surface area contributed by atoms with Gasteiger partial charge in [-0.25, -0.2) is 0 Å². The molecule has 1 saturated carbocycles. The highest BCUT2D eigenvalue weighted by Gasteiger charge is 2.36. The van der Waals surface area contributed by atoms with Crippen molar-refractivity contribution in [1.29, 1.82) is 0 Å². The molecule has 2 aliphatic rings. The lowest BCUT2D eigenvalue weighted by Crippen LogP contribution is -2.46. The van der Waals surface area contributed by atoms with Crippen LogP contribution in [0.15, 0.2) is 0 Å². The Bertz CT molecular complexity index is 269. The van der Waals surface area contributed by atoms with E-state index in [1.807, 2.05) is 0 Å². The van der Waals surface area contributed by atoms with Crippen molar-refractivity contribution >= 4 is 5.91 Å². The topological polar surface area (TPSA) is 46.3 Å². The second kappa shape index (κ2) is 5.38. The Labute approximate surface area is 105 Å². The molecule has 0 radical (unpaired) electrons. The number of amides is 1. The minimum Gasteiger partial charge on any atom is -0.342 e. The second-order valence-corrected chi connectivity index (χ2v) is 6.22. The van der Waals surface area contributed by atoms with Gasteiger partial charge in [0.2, 0.25) is 5.91 Å². The summed E-state index contributed by atoms with van der Waals surface area (Å²) in [4.78, 5) is 14.6. The SMILES string of the molecule is CC1CC(C)CN(C(=O)[C@@H]2CCC[C@@H]2CN)C1. The molecule has 4 atom stereocenters. The second-order valence-electron chi connectivity index (χ2n) is 6.22. The number of hydrogen-bond acceptors (Lipinski definition) is 2. The highest BCUT2D eigenvalue weighted by atomic mass is 16.2. The van der Waals surface area contributed by atoms with E-state index in [2.05, 4.69) is 18.7 Å². The quantitative estimate of drug-likeness (QED) is 0.798. The third-order valence-corrected chi connectivity index (χ3v) is 4.46. The van der Waals surface area contributed by atoms with E-state index in [0.717, 1.165) is 25.9 Å². The van der Waals surface area contributed by atoms with E-state index in [9.17, 15) is 4.79 Å². The summed E-state index contributed by atoms with van der Waals surface area (Å²) in [7, 11) is 0. The molecule has 1 heterocycles. The normalized spacial score (nSPS) is 38.4. The molecule has 0 aromatic carbocycles. The van der Waals surface area contributed by atoms with E-state index >= 15 is 0 Å². The average Bonchev–Trinajstić information content (AvgIpc) is 2.74. The van der Waals surface area contributed by atoms with Crippen LogP contribution < -0.4 is 5.73 Å². The standard InChI is InChI=1S/C14H26N2O/c1-10-6-11(2)9-16(8-10)14(17)13-5-3-4-12(13)7-15/h10-13H,3-9,15H2,1-2H3/t10?,11?,12-,13-/m1/s1. The molecule has 2 fully saturated rings. The van der Waals surface area contributed by atoms with Crippen molar-refractivity contribution in [3.8, 4) is 0 Å². The van der Waals surface area contributed by atoms with Gasteiger partial charge in [0.25, 0.3) is 0 Å². The first-order chi connectivity index (χ1) is 8.11. The minimum atomic E-state index is 0.220. The van der Waals surface area contributed by atoms with Crippen molar-refractivity contribution in [2.75, 3.05) is 19.6 Å². The van der Waals surface area contributed by atoms with Crippen molar-refractivity contribution in [1.82, 2.24) is 4.90 Å². The number of piperidine rings is 1. The Balaban J connectivity index is 1.99. The molecule has 1 aliphatic carbocycles. The maximum Gasteiger partial charge on any atom is 0.226 e. The van der Waals surface area contributed by atoms with Crippen LogP contribution in [0.5, 0.6) is 0 Å². The molecule has 1 amide bonds. The molecule has 0 aromatic heterocycles. The molecule has 0 aromatic rings. The maximum atomic E-state index is 12.5. The Morgan fingerprint density at radius 3 is 2.47 bits per heavy atom. The summed E-state index contributed by atoms with van der Waals surface area (Å²) >= 11 is 0. The fraction of sp³-hybridized carbons (Fsp3) is 0.929. The summed E-state index contributed by atoms with van der Waals surface area (Å²) in [6, 6.07) is 0. The molecule has 98 valence electrons. The molecule has 2 rings (SSSR count). The van der Waals surface area contributed by atoms with Gasteiger partial charge in [-0.1, -0.05) is 20.3 Å². The van der Waals surface area contributed by atoms with Gasteiger partial charge in [0.1, 0.15) is 0 Å². The number of likely N-dealkylation sites (tertiary alicyclic amines) is 1. The van der Waals surface area contributed by atoms with Crippen molar-refractivity contribution < 1.29 is 4.79 Å². The van der Waals surface area contributed by atoms with E-state index in [1.54, 1.807) is 0 Å². The van der Waals surface area contributed by atoms with E-state index < -0.39 is 0 Å². The summed E-state index contributed by atoms with van der Waals surface area (Å²) in [5, 5.41) is 0. The number of carbonyl (C=O) groups is 1. The zero-order valence-corrected chi connectivity index (χ0v) is 11.2. The van der Waals surface area contributed by atoms with E-state index in [-0.39, 0.29) is 5.92 Å². The van der Waals surface area contributed by atoms with Crippen LogP contribution >= 0.6 is 0 Å². The van der Waals surface area contributed by atoms with Gasteiger partial charge < -0.3 is 10.6 Å². The Morgan fingerprint density at radius 2 is 1.88 bits per heavy atom. The minimum absolute atomic E-state index is 0.220. The number of nitrogens with zero attached hydrogens (tertiary/aromatic N) is 1. The Morgan fingerprint density at radius 1 is 1.24 bits per heavy atom. The number of carbonyl (C=O) groups excluding carboxylic acids is 1. The molecular formula is C14H26N2O. The predicted octanol–water partition coefficient (Wildman–Crippen LogP) is 1.87. The van der Waals surface area contributed by atoms with Crippen LogP contribution in [0.2, 0.25) is 0 Å². The summed E-state index contributed by atoms with van der Waals surface area (Å²) in [5.74, 6) is 2.35. The first kappa shape index (κ1) is 12.9. The van der Waals surface area contributed by atoms with Crippen molar-refractivity contribution in [3.63, 3.8) is 0 Å². The molecule has 3 heteroatoms. The molecule has 0 spiro atoms. The van der Waals surface area contributed by atoms with Crippen LogP contribution in [0.3, 0.4) is 0 Å². The summed E-state index contributed by atoms with van der Waals surface area (Å²) in [6.45, 7) is 7.10. The molecule has 2 unspecified atom stereocenters. The van der Waals surface area contributed by atoms with Crippen LogP contribution in [0, 0.1) is 23.7 Å². The van der Waals surface area contributed by atoms with Gasteiger partial charge in [-0.15, -0.1) is 0 Å². The van der Waals surface area contributed by atoms with Gasteiger partial charge in [0, 0.05) is 19.0 Å². The molecule has 2 N–H and O–H groups in total. The number of hydrogen-bond donors (Lipinski definition) is 1. The molecular weight excluding hydrogens is 212 g/mol. The van der Waals surface area contributed by atoms with Gasteiger partial charge in [-0.2, -0.15) is 0 Å². The lowest BCUT2D eigenvalue weighted by atomic mass is 9.89. The van der Waals surface area contributed by atoms with Crippen LogP contribution in [0.1, 0.15) is 39.5 Å². The van der Waals surface area contributed by atoms with E-state index in [4.69, 9.17) is 5.73 Å². The summed E-state index contributed by atoms with van der Waals surface area (Å²) in [6.07, 6.45) is 4.64. The fourth-order valence-corrected chi connectivity index (χ4v) is 3.72. The first-order valence-electron chi connectivity index (χ1n) is 7.10. The molecule has 3 nitrogen and oxygen atoms in total. The molecule has 1 saturated heterocycles. The third kappa shape index (κ3) is 2.82. The Kier molecular flexibility index (Phi) is 4.08. The zero-order chi connectivity index (χ0) is 12.4. The maximum absolute atomic E-state index is 12.5. The Hall–Kier alpha value is -0.570. The summed E-state index contributed by atoms with van der Waals surface area (Å²) in [5.41, 5.74) is 5.78. The van der Waals surface area contributed by atoms with Gasteiger partial charge in [-0.05, 0) is 43.6 Å².